The van der Waals surface area contributed by atoms with Crippen molar-refractivity contribution in [1.82, 2.24) is 0 Å². The van der Waals surface area contributed by atoms with E-state index in [1.54, 1.807) is 36.4 Å². The second-order valence-electron chi connectivity index (χ2n) is 4.91. The molecule has 0 aliphatic rings. The van der Waals surface area contributed by atoms with Crippen molar-refractivity contribution in [1.29, 1.82) is 0 Å². The molecular weight excluding hydrogens is 280 g/mol. The van der Waals surface area contributed by atoms with Gasteiger partial charge in [0.25, 0.3) is 0 Å². The van der Waals surface area contributed by atoms with Crippen LogP contribution in [-0.2, 0) is 11.2 Å². The van der Waals surface area contributed by atoms with Crippen molar-refractivity contribution in [3.63, 3.8) is 0 Å². The van der Waals surface area contributed by atoms with E-state index in [1.165, 1.54) is 0 Å². The number of hydrogen-bond acceptors (Lipinski definition) is 4. The van der Waals surface area contributed by atoms with E-state index in [9.17, 15) is 14.7 Å². The molecule has 4 nitrogen and oxygen atoms in total. The van der Waals surface area contributed by atoms with Gasteiger partial charge in [-0.05, 0) is 48.4 Å². The Kier molecular flexibility index (Phi) is 5.31. The summed E-state index contributed by atoms with van der Waals surface area (Å²) in [4.78, 5) is 22.0. The molecule has 0 unspecified atom stereocenters. The molecular formula is C18H18O4. The molecule has 0 spiro atoms. The predicted molar refractivity (Wildman–Crippen MR) is 83.6 cm³/mol. The zero-order chi connectivity index (χ0) is 15.9. The molecule has 2 rings (SSSR count). The molecule has 0 amide bonds. The lowest BCUT2D eigenvalue weighted by Gasteiger charge is -2.09. The molecule has 1 N–H and O–H groups in total. The number of phenols is 1. The van der Waals surface area contributed by atoms with Gasteiger partial charge in [-0.3, -0.25) is 4.79 Å². The summed E-state index contributed by atoms with van der Waals surface area (Å²) in [6, 6.07) is 11.9. The van der Waals surface area contributed by atoms with Crippen molar-refractivity contribution in [3.05, 3.63) is 53.6 Å². The van der Waals surface area contributed by atoms with Crippen LogP contribution < -0.4 is 4.74 Å². The first-order chi connectivity index (χ1) is 10.6. The quantitative estimate of drug-likeness (QED) is 0.622. The van der Waals surface area contributed by atoms with E-state index >= 15 is 0 Å². The van der Waals surface area contributed by atoms with Gasteiger partial charge in [-0.2, -0.15) is 0 Å². The van der Waals surface area contributed by atoms with Crippen molar-refractivity contribution in [2.75, 3.05) is 0 Å². The first-order valence-corrected chi connectivity index (χ1v) is 7.20. The topological polar surface area (TPSA) is 63.6 Å². The maximum atomic E-state index is 11.8. The number of carbonyl (C=O) groups excluding carboxylic acids is 2. The van der Waals surface area contributed by atoms with Gasteiger partial charge in [0.2, 0.25) is 0 Å². The molecule has 2 aromatic carbocycles. The van der Waals surface area contributed by atoms with Crippen LogP contribution in [0.4, 0.5) is 0 Å². The fraction of sp³-hybridized carbons (Fsp3) is 0.222. The molecule has 0 fully saturated rings. The summed E-state index contributed by atoms with van der Waals surface area (Å²) in [6.07, 6.45) is 2.02. The number of aldehydes is 1. The van der Waals surface area contributed by atoms with Crippen LogP contribution in [0.5, 0.6) is 17.2 Å². The third-order valence-corrected chi connectivity index (χ3v) is 3.32. The van der Waals surface area contributed by atoms with E-state index in [0.717, 1.165) is 18.3 Å². The number of Topliss-reactive ketones (excluding diaryl/α,β-unsaturated/α-hetero) is 1. The zero-order valence-corrected chi connectivity index (χ0v) is 12.4. The minimum atomic E-state index is -0.0752. The highest BCUT2D eigenvalue weighted by Gasteiger charge is 2.08. The molecule has 0 atom stereocenters. The van der Waals surface area contributed by atoms with Crippen LogP contribution in [0, 0.1) is 0 Å². The van der Waals surface area contributed by atoms with Crippen molar-refractivity contribution in [2.24, 2.45) is 0 Å². The second kappa shape index (κ2) is 7.41. The van der Waals surface area contributed by atoms with E-state index in [0.29, 0.717) is 17.1 Å². The first-order valence-electron chi connectivity index (χ1n) is 7.20. The van der Waals surface area contributed by atoms with Crippen LogP contribution >= 0.6 is 0 Å². The van der Waals surface area contributed by atoms with Gasteiger partial charge in [0.05, 0.1) is 0 Å². The average Bonchev–Trinajstić information content (AvgIpc) is 2.55. The maximum Gasteiger partial charge on any atom is 0.169 e. The molecule has 0 saturated heterocycles. The summed E-state index contributed by atoms with van der Waals surface area (Å²) >= 11 is 0. The minimum Gasteiger partial charge on any atom is -0.504 e. The average molecular weight is 298 g/mol. The second-order valence-corrected chi connectivity index (χ2v) is 4.91. The molecule has 0 radical (unpaired) electrons. The van der Waals surface area contributed by atoms with Crippen molar-refractivity contribution in [2.45, 2.75) is 26.2 Å². The third-order valence-electron chi connectivity index (χ3n) is 3.32. The Labute approximate surface area is 129 Å². The Hall–Kier alpha value is -2.62. The van der Waals surface area contributed by atoms with E-state index < -0.39 is 0 Å². The van der Waals surface area contributed by atoms with Crippen LogP contribution in [0.1, 0.15) is 35.7 Å². The Morgan fingerprint density at radius 1 is 1.18 bits per heavy atom. The highest BCUT2D eigenvalue weighted by atomic mass is 16.5. The molecule has 0 heterocycles. The summed E-state index contributed by atoms with van der Waals surface area (Å²) < 4.78 is 5.61. The first kappa shape index (κ1) is 15.8. The van der Waals surface area contributed by atoms with Crippen LogP contribution in [0.2, 0.25) is 0 Å². The predicted octanol–water partition coefficient (Wildman–Crippen LogP) is 3.91. The minimum absolute atomic E-state index is 0.0752. The molecule has 2 aromatic rings. The van der Waals surface area contributed by atoms with Crippen LogP contribution in [0.3, 0.4) is 0 Å². The molecule has 22 heavy (non-hydrogen) atoms. The molecule has 114 valence electrons. The van der Waals surface area contributed by atoms with Gasteiger partial charge in [-0.15, -0.1) is 0 Å². The van der Waals surface area contributed by atoms with Crippen molar-refractivity contribution < 1.29 is 19.4 Å². The summed E-state index contributed by atoms with van der Waals surface area (Å²) in [5.74, 6) is 0.919. The van der Waals surface area contributed by atoms with Crippen molar-refractivity contribution >= 4 is 12.1 Å². The standard InChI is InChI=1S/C18H18O4/c1-2-13-5-10-18(17(21)12-13)22-15-8-6-14(7-9-15)16(20)4-3-11-19/h5-12,21H,2-4H2,1H3. The normalized spacial score (nSPS) is 10.2. The monoisotopic (exact) mass is 298 g/mol. The number of benzene rings is 2. The van der Waals surface area contributed by atoms with Crippen LogP contribution in [0.25, 0.3) is 0 Å². The highest BCUT2D eigenvalue weighted by molar-refractivity contribution is 5.96. The van der Waals surface area contributed by atoms with Gasteiger partial charge in [-0.1, -0.05) is 13.0 Å². The number of aryl methyl sites for hydroxylation is 1. The lowest BCUT2D eigenvalue weighted by atomic mass is 10.1. The van der Waals surface area contributed by atoms with E-state index in [1.807, 2.05) is 13.0 Å². The summed E-state index contributed by atoms with van der Waals surface area (Å²) in [5.41, 5.74) is 1.57. The SMILES string of the molecule is CCc1ccc(Oc2ccc(C(=O)CCC=O)cc2)c(O)c1. The summed E-state index contributed by atoms with van der Waals surface area (Å²) in [7, 11) is 0. The molecule has 0 aliphatic carbocycles. The summed E-state index contributed by atoms with van der Waals surface area (Å²) in [5, 5.41) is 9.91. The highest BCUT2D eigenvalue weighted by Crippen LogP contribution is 2.31. The Balaban J connectivity index is 2.08. The number of ether oxygens (including phenoxy) is 1. The van der Waals surface area contributed by atoms with Crippen LogP contribution in [-0.4, -0.2) is 17.2 Å². The van der Waals surface area contributed by atoms with Gasteiger partial charge in [0, 0.05) is 18.4 Å². The Bertz CT molecular complexity index is 659. The molecule has 4 heteroatoms. The van der Waals surface area contributed by atoms with Gasteiger partial charge in [0.15, 0.2) is 17.3 Å². The van der Waals surface area contributed by atoms with E-state index in [2.05, 4.69) is 0 Å². The number of phenolic OH excluding ortho intramolecular Hbond substituents is 1. The fourth-order valence-electron chi connectivity index (χ4n) is 2.04. The molecule has 0 bridgehead atoms. The Morgan fingerprint density at radius 2 is 1.91 bits per heavy atom. The molecule has 0 saturated carbocycles. The third kappa shape index (κ3) is 3.95. The number of hydrogen-bond donors (Lipinski definition) is 1. The maximum absolute atomic E-state index is 11.8. The number of carbonyl (C=O) groups is 2. The molecule has 0 aliphatic heterocycles. The largest absolute Gasteiger partial charge is 0.504 e. The smallest absolute Gasteiger partial charge is 0.169 e. The lowest BCUT2D eigenvalue weighted by molar-refractivity contribution is -0.107. The molecule has 0 aromatic heterocycles. The van der Waals surface area contributed by atoms with Gasteiger partial charge >= 0.3 is 0 Å². The number of ketones is 1. The summed E-state index contributed by atoms with van der Waals surface area (Å²) in [6.45, 7) is 2.01. The Morgan fingerprint density at radius 3 is 2.50 bits per heavy atom. The zero-order valence-electron chi connectivity index (χ0n) is 12.4. The number of rotatable bonds is 7. The van der Waals surface area contributed by atoms with Crippen LogP contribution in [0.15, 0.2) is 42.5 Å². The van der Waals surface area contributed by atoms with Crippen molar-refractivity contribution in [3.8, 4) is 17.2 Å². The lowest BCUT2D eigenvalue weighted by Crippen LogP contribution is -1.99. The fourth-order valence-corrected chi connectivity index (χ4v) is 2.04. The van der Waals surface area contributed by atoms with E-state index in [4.69, 9.17) is 4.74 Å². The van der Waals surface area contributed by atoms with Gasteiger partial charge in [-0.25, -0.2) is 0 Å². The van der Waals surface area contributed by atoms with E-state index in [-0.39, 0.29) is 24.4 Å². The van der Waals surface area contributed by atoms with Gasteiger partial charge < -0.3 is 14.6 Å². The number of aromatic hydroxyl groups is 1. The van der Waals surface area contributed by atoms with Gasteiger partial charge in [0.1, 0.15) is 12.0 Å².